The molecule has 104 valence electrons. The van der Waals surface area contributed by atoms with Crippen LogP contribution in [0.3, 0.4) is 0 Å². The van der Waals surface area contributed by atoms with Crippen LogP contribution in [-0.2, 0) is 4.79 Å². The van der Waals surface area contributed by atoms with Crippen molar-refractivity contribution in [3.8, 4) is 5.75 Å². The summed E-state index contributed by atoms with van der Waals surface area (Å²) in [6, 6.07) is 7.32. The Bertz CT molecular complexity index is 428. The Labute approximate surface area is 114 Å². The van der Waals surface area contributed by atoms with Gasteiger partial charge in [-0.1, -0.05) is 25.3 Å². The first-order chi connectivity index (χ1) is 9.20. The molecule has 0 heterocycles. The lowest BCUT2D eigenvalue weighted by molar-refractivity contribution is -0.120. The van der Waals surface area contributed by atoms with Gasteiger partial charge in [0.15, 0.2) is 0 Å². The van der Waals surface area contributed by atoms with Gasteiger partial charge in [0.2, 0.25) is 5.91 Å². The number of nitrogens with one attached hydrogen (secondary N) is 1. The molecule has 2 rings (SSSR count). The van der Waals surface area contributed by atoms with Gasteiger partial charge in [0, 0.05) is 11.8 Å². The summed E-state index contributed by atoms with van der Waals surface area (Å²) >= 11 is 0. The molecular weight excluding hydrogens is 240 g/mol. The van der Waals surface area contributed by atoms with Crippen LogP contribution in [-0.4, -0.2) is 19.1 Å². The summed E-state index contributed by atoms with van der Waals surface area (Å²) in [5.74, 6) is 0.851. The number of rotatable bonds is 5. The molecule has 0 bridgehead atoms. The van der Waals surface area contributed by atoms with E-state index in [9.17, 15) is 4.79 Å². The van der Waals surface area contributed by atoms with Gasteiger partial charge in [0.1, 0.15) is 11.8 Å². The molecule has 3 N–H and O–H groups in total. The van der Waals surface area contributed by atoms with E-state index in [1.54, 1.807) is 7.11 Å². The molecule has 0 radical (unpaired) electrons. The lowest BCUT2D eigenvalue weighted by atomic mass is 9.83. The van der Waals surface area contributed by atoms with Crippen molar-refractivity contribution in [2.24, 2.45) is 11.7 Å². The number of anilines is 1. The Balaban J connectivity index is 2.08. The molecule has 19 heavy (non-hydrogen) atoms. The molecule has 1 amide bonds. The van der Waals surface area contributed by atoms with Crippen LogP contribution in [0.1, 0.15) is 32.1 Å². The molecule has 4 heteroatoms. The Morgan fingerprint density at radius 1 is 1.37 bits per heavy atom. The van der Waals surface area contributed by atoms with Gasteiger partial charge in [-0.3, -0.25) is 4.79 Å². The quantitative estimate of drug-likeness (QED) is 0.857. The number of carbonyl (C=O) groups excluding carboxylic acids is 1. The summed E-state index contributed by atoms with van der Waals surface area (Å²) in [6.07, 6.45) is 5.79. The summed E-state index contributed by atoms with van der Waals surface area (Å²) in [7, 11) is 1.63. The first-order valence-electron chi connectivity index (χ1n) is 6.90. The van der Waals surface area contributed by atoms with Crippen LogP contribution in [0.15, 0.2) is 24.3 Å². The maximum Gasteiger partial charge on any atom is 0.240 e. The Morgan fingerprint density at radius 2 is 2.11 bits per heavy atom. The number of ether oxygens (including phenoxy) is 1. The zero-order valence-corrected chi connectivity index (χ0v) is 11.4. The maximum atomic E-state index is 11.7. The third-order valence-electron chi connectivity index (χ3n) is 3.82. The second-order valence-electron chi connectivity index (χ2n) is 5.15. The SMILES string of the molecule is COc1cccc(NC(C(N)=O)C2CCCCC2)c1. The molecule has 0 saturated heterocycles. The minimum Gasteiger partial charge on any atom is -0.497 e. The number of hydrogen-bond donors (Lipinski definition) is 2. The first kappa shape index (κ1) is 13.7. The Kier molecular flexibility index (Phi) is 4.66. The topological polar surface area (TPSA) is 64.3 Å². The van der Waals surface area contributed by atoms with Crippen LogP contribution in [0, 0.1) is 5.92 Å². The minimum absolute atomic E-state index is 0.269. The normalized spacial score (nSPS) is 17.7. The van der Waals surface area contributed by atoms with E-state index < -0.39 is 0 Å². The van der Waals surface area contributed by atoms with Gasteiger partial charge in [-0.15, -0.1) is 0 Å². The molecular formula is C15H22N2O2. The van der Waals surface area contributed by atoms with Crippen LogP contribution in [0.4, 0.5) is 5.69 Å². The standard InChI is InChI=1S/C15H22N2O2/c1-19-13-9-5-8-12(10-13)17-14(15(16)18)11-6-3-2-4-7-11/h5,8-11,14,17H,2-4,6-7H2,1H3,(H2,16,18). The molecule has 0 aromatic heterocycles. The average Bonchev–Trinajstić information content (AvgIpc) is 2.45. The largest absolute Gasteiger partial charge is 0.497 e. The van der Waals surface area contributed by atoms with Gasteiger partial charge in [-0.2, -0.15) is 0 Å². The molecule has 1 aromatic rings. The van der Waals surface area contributed by atoms with Crippen molar-refractivity contribution in [1.29, 1.82) is 0 Å². The number of carbonyl (C=O) groups is 1. The number of primary amides is 1. The number of methoxy groups -OCH3 is 1. The van der Waals surface area contributed by atoms with E-state index in [1.807, 2.05) is 24.3 Å². The van der Waals surface area contributed by atoms with Crippen LogP contribution in [0.2, 0.25) is 0 Å². The highest BCUT2D eigenvalue weighted by molar-refractivity contribution is 5.83. The fraction of sp³-hybridized carbons (Fsp3) is 0.533. The van der Waals surface area contributed by atoms with E-state index >= 15 is 0 Å². The Morgan fingerprint density at radius 3 is 2.74 bits per heavy atom. The highest BCUT2D eigenvalue weighted by Gasteiger charge is 2.27. The zero-order chi connectivity index (χ0) is 13.7. The summed E-state index contributed by atoms with van der Waals surface area (Å²) < 4.78 is 5.19. The smallest absolute Gasteiger partial charge is 0.240 e. The number of benzene rings is 1. The van der Waals surface area contributed by atoms with Gasteiger partial charge >= 0.3 is 0 Å². The van der Waals surface area contributed by atoms with Crippen molar-refractivity contribution >= 4 is 11.6 Å². The van der Waals surface area contributed by atoms with Crippen molar-refractivity contribution in [2.45, 2.75) is 38.1 Å². The Hall–Kier alpha value is -1.71. The highest BCUT2D eigenvalue weighted by atomic mass is 16.5. The van der Waals surface area contributed by atoms with Gasteiger partial charge in [0.25, 0.3) is 0 Å². The van der Waals surface area contributed by atoms with Gasteiger partial charge in [-0.05, 0) is 30.9 Å². The first-order valence-corrected chi connectivity index (χ1v) is 6.90. The predicted octanol–water partition coefficient (Wildman–Crippen LogP) is 2.54. The molecule has 1 aliphatic carbocycles. The number of nitrogens with two attached hydrogens (primary N) is 1. The fourth-order valence-corrected chi connectivity index (χ4v) is 2.78. The highest BCUT2D eigenvalue weighted by Crippen LogP contribution is 2.28. The third kappa shape index (κ3) is 3.63. The van der Waals surface area contributed by atoms with Crippen LogP contribution in [0.25, 0.3) is 0 Å². The van der Waals surface area contributed by atoms with E-state index in [4.69, 9.17) is 10.5 Å². The van der Waals surface area contributed by atoms with Gasteiger partial charge < -0.3 is 15.8 Å². The molecule has 0 aliphatic heterocycles. The maximum absolute atomic E-state index is 11.7. The third-order valence-corrected chi connectivity index (χ3v) is 3.82. The molecule has 1 unspecified atom stereocenters. The van der Waals surface area contributed by atoms with Crippen LogP contribution >= 0.6 is 0 Å². The molecule has 1 saturated carbocycles. The number of amides is 1. The summed E-state index contributed by atoms with van der Waals surface area (Å²) in [5, 5.41) is 3.27. The van der Waals surface area contributed by atoms with Crippen molar-refractivity contribution in [3.05, 3.63) is 24.3 Å². The molecule has 4 nitrogen and oxygen atoms in total. The van der Waals surface area contributed by atoms with Crippen molar-refractivity contribution in [1.82, 2.24) is 0 Å². The minimum atomic E-state index is -0.285. The molecule has 1 aliphatic rings. The molecule has 1 atom stereocenters. The predicted molar refractivity (Wildman–Crippen MR) is 76.2 cm³/mol. The number of hydrogen-bond acceptors (Lipinski definition) is 3. The van der Waals surface area contributed by atoms with Crippen LogP contribution in [0.5, 0.6) is 5.75 Å². The van der Waals surface area contributed by atoms with Crippen molar-refractivity contribution < 1.29 is 9.53 Å². The summed E-state index contributed by atoms with van der Waals surface area (Å²) in [5.41, 5.74) is 6.44. The monoisotopic (exact) mass is 262 g/mol. The van der Waals surface area contributed by atoms with Crippen molar-refractivity contribution in [3.63, 3.8) is 0 Å². The van der Waals surface area contributed by atoms with Gasteiger partial charge in [-0.25, -0.2) is 0 Å². The van der Waals surface area contributed by atoms with Gasteiger partial charge in [0.05, 0.1) is 7.11 Å². The zero-order valence-electron chi connectivity index (χ0n) is 11.4. The fourth-order valence-electron chi connectivity index (χ4n) is 2.78. The van der Waals surface area contributed by atoms with Crippen molar-refractivity contribution in [2.75, 3.05) is 12.4 Å². The second-order valence-corrected chi connectivity index (χ2v) is 5.15. The van der Waals surface area contributed by atoms with E-state index in [2.05, 4.69) is 5.32 Å². The summed E-state index contributed by atoms with van der Waals surface area (Å²) in [6.45, 7) is 0. The van der Waals surface area contributed by atoms with E-state index in [0.29, 0.717) is 5.92 Å². The molecule has 1 fully saturated rings. The van der Waals surface area contributed by atoms with E-state index in [1.165, 1.54) is 19.3 Å². The van der Waals surface area contributed by atoms with Crippen LogP contribution < -0.4 is 15.8 Å². The second kappa shape index (κ2) is 6.45. The molecule has 0 spiro atoms. The average molecular weight is 262 g/mol. The lowest BCUT2D eigenvalue weighted by Gasteiger charge is -2.29. The summed E-state index contributed by atoms with van der Waals surface area (Å²) in [4.78, 5) is 11.7. The van der Waals surface area contributed by atoms with E-state index in [0.717, 1.165) is 24.3 Å². The molecule has 1 aromatic carbocycles. The lowest BCUT2D eigenvalue weighted by Crippen LogP contribution is -2.42. The van der Waals surface area contributed by atoms with E-state index in [-0.39, 0.29) is 11.9 Å².